The average molecular weight is 479 g/mol. The highest BCUT2D eigenvalue weighted by Crippen LogP contribution is 2.34. The maximum absolute atomic E-state index is 12.6. The van der Waals surface area contributed by atoms with Gasteiger partial charge in [-0.1, -0.05) is 0 Å². The van der Waals surface area contributed by atoms with Crippen molar-refractivity contribution in [3.8, 4) is 0 Å². The van der Waals surface area contributed by atoms with E-state index in [2.05, 4.69) is 0 Å². The lowest BCUT2D eigenvalue weighted by molar-refractivity contribution is -0.117. The van der Waals surface area contributed by atoms with Crippen molar-refractivity contribution >= 4 is 21.7 Å². The Morgan fingerprint density at radius 3 is 1.50 bits per heavy atom. The fraction of sp³-hybridized carbons (Fsp3) is 0.333. The van der Waals surface area contributed by atoms with Crippen LogP contribution in [-0.2, 0) is 19.7 Å². The van der Waals surface area contributed by atoms with E-state index in [0.717, 1.165) is 39.3 Å². The molecule has 1 aliphatic carbocycles. The Kier molecular flexibility index (Phi) is 5.24. The van der Waals surface area contributed by atoms with Gasteiger partial charge in [-0.15, -0.1) is 0 Å². The van der Waals surface area contributed by atoms with Crippen LogP contribution in [0, 0.1) is 29.1 Å². The predicted molar refractivity (Wildman–Crippen MR) is 95.9 cm³/mol. The van der Waals surface area contributed by atoms with Gasteiger partial charge in [-0.2, -0.15) is 8.42 Å². The molecule has 0 unspecified atom stereocenters. The number of allylic oxidation sites excluding steroid dienone is 1. The van der Waals surface area contributed by atoms with Crippen molar-refractivity contribution in [1.29, 1.82) is 0 Å². The number of carbonyl (C=O) groups is 2. The molecule has 0 amide bonds. The first kappa shape index (κ1) is 22.2. The highest BCUT2D eigenvalue weighted by atomic mass is 32.2. The summed E-state index contributed by atoms with van der Waals surface area (Å²) in [6, 6.07) is 0. The van der Waals surface area contributed by atoms with E-state index in [-0.39, 0.29) is 11.6 Å². The number of nitrogens with zero attached hydrogens (tertiary/aromatic N) is 3. The fourth-order valence-electron chi connectivity index (χ4n) is 3.09. The minimum Gasteiger partial charge on any atom is -0.365 e. The van der Waals surface area contributed by atoms with Gasteiger partial charge < -0.3 is 14.7 Å². The van der Waals surface area contributed by atoms with Gasteiger partial charge in [0.1, 0.15) is 11.4 Å². The zero-order valence-electron chi connectivity index (χ0n) is 16.0. The van der Waals surface area contributed by atoms with E-state index in [9.17, 15) is 40.0 Å². The van der Waals surface area contributed by atoms with Gasteiger partial charge in [0.05, 0.1) is 5.70 Å². The number of hydrogen-bond acceptors (Lipinski definition) is 7. The molecule has 0 atom stereocenters. The Morgan fingerprint density at radius 2 is 1.09 bits per heavy atom. The molecule has 3 saturated heterocycles. The zero-order valence-corrected chi connectivity index (χ0v) is 16.9. The van der Waals surface area contributed by atoms with Gasteiger partial charge in [-0.3, -0.25) is 14.1 Å². The zero-order chi connectivity index (χ0) is 23.5. The molecule has 0 saturated carbocycles. The third-order valence-corrected chi connectivity index (χ3v) is 5.79. The number of hydrogen-bond donors (Lipinski definition) is 1. The van der Waals surface area contributed by atoms with E-state index in [1.807, 2.05) is 14.7 Å². The Morgan fingerprint density at radius 1 is 0.688 bits per heavy atom. The number of halogens is 5. The van der Waals surface area contributed by atoms with Crippen molar-refractivity contribution < 1.29 is 44.5 Å². The molecule has 172 valence electrons. The molecular weight excluding hydrogens is 465 g/mol. The molecule has 0 aromatic heterocycles. The normalized spacial score (nSPS) is 19.7. The monoisotopic (exact) mass is 479 g/mol. The number of benzene rings is 1. The minimum atomic E-state index is -5.52. The van der Waals surface area contributed by atoms with Crippen molar-refractivity contribution in [3.63, 3.8) is 0 Å². The molecule has 0 radical (unpaired) electrons. The molecule has 0 spiro atoms. The standard InChI is InChI=1S/C12H13N3O2.C6HF5O3S/c16-9-7-8(13-1-2-13)12(17)11(15-5-6-15)10(9)14-3-4-14;7-1-2(8)4(10)6(15(12,13)14)5(11)3(1)9/h7H,1-6H2;(H,12,13,14). The van der Waals surface area contributed by atoms with Gasteiger partial charge in [-0.05, 0) is 0 Å². The van der Waals surface area contributed by atoms with Gasteiger partial charge >= 0.3 is 10.1 Å². The molecule has 0 bridgehead atoms. The van der Waals surface area contributed by atoms with E-state index in [4.69, 9.17) is 4.55 Å². The molecule has 8 nitrogen and oxygen atoms in total. The van der Waals surface area contributed by atoms with Gasteiger partial charge in [0.25, 0.3) is 0 Å². The fourth-order valence-corrected chi connectivity index (χ4v) is 3.72. The summed E-state index contributed by atoms with van der Waals surface area (Å²) in [5.41, 5.74) is 1.89. The first-order valence-corrected chi connectivity index (χ1v) is 10.7. The first-order valence-electron chi connectivity index (χ1n) is 9.22. The van der Waals surface area contributed by atoms with Crippen LogP contribution >= 0.6 is 0 Å². The molecule has 3 aliphatic heterocycles. The van der Waals surface area contributed by atoms with Crippen LogP contribution in [0.1, 0.15) is 0 Å². The second-order valence-electron chi connectivity index (χ2n) is 7.26. The molecule has 3 fully saturated rings. The van der Waals surface area contributed by atoms with Crippen LogP contribution in [0.5, 0.6) is 0 Å². The lowest BCUT2D eigenvalue weighted by Gasteiger charge is -2.21. The van der Waals surface area contributed by atoms with E-state index < -0.39 is 44.1 Å². The Balaban J connectivity index is 0.000000155. The van der Waals surface area contributed by atoms with E-state index in [1.165, 1.54) is 6.08 Å². The summed E-state index contributed by atoms with van der Waals surface area (Å²) in [7, 11) is -5.52. The molecule has 3 heterocycles. The lowest BCUT2D eigenvalue weighted by atomic mass is 10.0. The van der Waals surface area contributed by atoms with Gasteiger partial charge in [0.2, 0.25) is 17.4 Å². The quantitative estimate of drug-likeness (QED) is 0.169. The lowest BCUT2D eigenvalue weighted by Crippen LogP contribution is -2.29. The maximum Gasteiger partial charge on any atom is 0.300 e. The predicted octanol–water partition coefficient (Wildman–Crippen LogP) is 0.809. The van der Waals surface area contributed by atoms with Crippen molar-refractivity contribution in [3.05, 3.63) is 52.3 Å². The molecule has 5 rings (SSSR count). The molecule has 1 aromatic rings. The largest absolute Gasteiger partial charge is 0.365 e. The number of carbonyl (C=O) groups excluding carboxylic acids is 2. The second kappa shape index (κ2) is 7.55. The van der Waals surface area contributed by atoms with E-state index in [1.54, 1.807) is 0 Å². The van der Waals surface area contributed by atoms with E-state index >= 15 is 0 Å². The van der Waals surface area contributed by atoms with Crippen LogP contribution in [0.4, 0.5) is 22.0 Å². The highest BCUT2D eigenvalue weighted by molar-refractivity contribution is 7.85. The maximum atomic E-state index is 12.6. The van der Waals surface area contributed by atoms with E-state index in [0.29, 0.717) is 17.1 Å². The van der Waals surface area contributed by atoms with Gasteiger partial charge in [-0.25, -0.2) is 22.0 Å². The third-order valence-electron chi connectivity index (χ3n) is 4.92. The SMILES string of the molecule is O=C1C=C(N2CC2)C(=O)C(N2CC2)=C1N1CC1.O=S(=O)(O)c1c(F)c(F)c(F)c(F)c1F. The van der Waals surface area contributed by atoms with Crippen LogP contribution in [0.15, 0.2) is 28.1 Å². The number of rotatable bonds is 4. The Bertz CT molecular complexity index is 1190. The smallest absolute Gasteiger partial charge is 0.300 e. The van der Waals surface area contributed by atoms with Crippen LogP contribution < -0.4 is 0 Å². The van der Waals surface area contributed by atoms with Crippen LogP contribution in [0.25, 0.3) is 0 Å². The van der Waals surface area contributed by atoms with Crippen LogP contribution in [0.2, 0.25) is 0 Å². The number of ketones is 2. The second-order valence-corrected chi connectivity index (χ2v) is 8.61. The molecule has 32 heavy (non-hydrogen) atoms. The molecule has 14 heteroatoms. The summed E-state index contributed by atoms with van der Waals surface area (Å²) < 4.78 is 91.3. The summed E-state index contributed by atoms with van der Waals surface area (Å²) in [6.07, 6.45) is 1.52. The third kappa shape index (κ3) is 3.95. The van der Waals surface area contributed by atoms with Crippen molar-refractivity contribution in [2.75, 3.05) is 39.3 Å². The van der Waals surface area contributed by atoms with Crippen molar-refractivity contribution in [2.45, 2.75) is 4.90 Å². The summed E-state index contributed by atoms with van der Waals surface area (Å²) in [5, 5.41) is 0. The molecule has 1 N–H and O–H groups in total. The minimum absolute atomic E-state index is 0.00546. The Hall–Kier alpha value is -3.00. The van der Waals surface area contributed by atoms with Crippen molar-refractivity contribution in [2.24, 2.45) is 0 Å². The molecule has 4 aliphatic rings. The summed E-state index contributed by atoms with van der Waals surface area (Å²) in [6.45, 7) is 5.41. The molecule has 1 aromatic carbocycles. The summed E-state index contributed by atoms with van der Waals surface area (Å²) >= 11 is 0. The highest BCUT2D eigenvalue weighted by Gasteiger charge is 2.43. The first-order chi connectivity index (χ1) is 14.9. The van der Waals surface area contributed by atoms with Gasteiger partial charge in [0.15, 0.2) is 28.2 Å². The van der Waals surface area contributed by atoms with Crippen LogP contribution in [0.3, 0.4) is 0 Å². The molecular formula is C18H14F5N3O5S. The number of Topliss-reactive ketones (excluding diaryl/α,β-unsaturated/α-hetero) is 1. The summed E-state index contributed by atoms with van der Waals surface area (Å²) in [5.74, 6) is -12.5. The average Bonchev–Trinajstić information content (AvgIpc) is 3.55. The summed E-state index contributed by atoms with van der Waals surface area (Å²) in [4.78, 5) is 28.2. The van der Waals surface area contributed by atoms with Gasteiger partial charge in [0, 0.05) is 45.3 Å². The topological polar surface area (TPSA) is 97.5 Å². The van der Waals surface area contributed by atoms with Crippen LogP contribution in [-0.4, -0.2) is 78.5 Å². The van der Waals surface area contributed by atoms with Crippen molar-refractivity contribution in [1.82, 2.24) is 14.7 Å². The Labute approximate surface area is 177 Å².